The fraction of sp³-hybridized carbons (Fsp3) is 0.529. The van der Waals surface area contributed by atoms with Crippen LogP contribution in [0.3, 0.4) is 0 Å². The van der Waals surface area contributed by atoms with Crippen molar-refractivity contribution >= 4 is 27.5 Å². The Balaban J connectivity index is 1.74. The van der Waals surface area contributed by atoms with Crippen molar-refractivity contribution in [3.05, 3.63) is 23.5 Å². The molecule has 2 aliphatic rings. The van der Waals surface area contributed by atoms with Crippen molar-refractivity contribution in [1.29, 1.82) is 0 Å². The van der Waals surface area contributed by atoms with Crippen molar-refractivity contribution in [3.63, 3.8) is 0 Å². The first-order valence-corrected chi connectivity index (χ1v) is 10.5. The normalized spacial score (nSPS) is 24.3. The molecule has 1 saturated heterocycles. The van der Waals surface area contributed by atoms with Crippen molar-refractivity contribution in [2.75, 3.05) is 24.3 Å². The van der Waals surface area contributed by atoms with Gasteiger partial charge in [-0.15, -0.1) is 0 Å². The van der Waals surface area contributed by atoms with Crippen molar-refractivity contribution in [2.45, 2.75) is 37.8 Å². The summed E-state index contributed by atoms with van der Waals surface area (Å²) in [6, 6.07) is 2.24. The molecule has 9 nitrogen and oxygen atoms in total. The quantitative estimate of drug-likeness (QED) is 0.653. The third-order valence-corrected chi connectivity index (χ3v) is 6.55. The van der Waals surface area contributed by atoms with Crippen molar-refractivity contribution in [3.8, 4) is 5.75 Å². The van der Waals surface area contributed by atoms with E-state index in [0.717, 1.165) is 37.8 Å². The van der Waals surface area contributed by atoms with Crippen LogP contribution in [0, 0.1) is 5.82 Å². The third kappa shape index (κ3) is 4.04. The molecule has 2 fully saturated rings. The van der Waals surface area contributed by atoms with Crippen molar-refractivity contribution < 1.29 is 27.5 Å². The lowest BCUT2D eigenvalue weighted by molar-refractivity contribution is -0.117. The summed E-state index contributed by atoms with van der Waals surface area (Å²) in [6.07, 6.45) is 3.45. The molecule has 1 aliphatic carbocycles. The van der Waals surface area contributed by atoms with Gasteiger partial charge >= 0.3 is 0 Å². The molecule has 2 amide bonds. The van der Waals surface area contributed by atoms with Crippen molar-refractivity contribution in [2.24, 2.45) is 0 Å². The second-order valence-electron chi connectivity index (χ2n) is 7.32. The molecule has 1 aromatic rings. The Morgan fingerprint density at radius 3 is 2.43 bits per heavy atom. The summed E-state index contributed by atoms with van der Waals surface area (Å²) in [5.41, 5.74) is 1.13. The van der Waals surface area contributed by atoms with E-state index in [9.17, 15) is 27.5 Å². The van der Waals surface area contributed by atoms with Gasteiger partial charge < -0.3 is 15.3 Å². The lowest BCUT2D eigenvalue weighted by Gasteiger charge is -2.33. The Labute approximate surface area is 162 Å². The molecule has 3 N–H and O–H groups in total. The minimum Gasteiger partial charge on any atom is -0.506 e. The molecule has 0 atom stereocenters. The summed E-state index contributed by atoms with van der Waals surface area (Å²) < 4.78 is 38.6. The van der Waals surface area contributed by atoms with Crippen LogP contribution in [0.25, 0.3) is 0 Å². The molecule has 0 unspecified atom stereocenters. The number of carbonyl (C=O) groups excluding carboxylic acids is 2. The predicted molar refractivity (Wildman–Crippen MR) is 99.7 cm³/mol. The highest BCUT2D eigenvalue weighted by Gasteiger charge is 2.38. The number of benzene rings is 1. The number of phenols is 1. The van der Waals surface area contributed by atoms with Gasteiger partial charge in [-0.1, -0.05) is 0 Å². The largest absolute Gasteiger partial charge is 0.506 e. The SMILES string of the molecule is CN(C)C1CCC(NC(=O)c2cc(O)c(N3NC(=O)CS3(=O)=O)c(F)c2)CC1. The van der Waals surface area contributed by atoms with E-state index < -0.39 is 44.8 Å². The number of sulfonamides is 1. The van der Waals surface area contributed by atoms with Gasteiger partial charge in [0.2, 0.25) is 0 Å². The second kappa shape index (κ2) is 7.55. The predicted octanol–water partition coefficient (Wildman–Crippen LogP) is 0.315. The number of nitrogens with zero attached hydrogens (tertiary/aromatic N) is 2. The highest BCUT2D eigenvalue weighted by Crippen LogP contribution is 2.34. The summed E-state index contributed by atoms with van der Waals surface area (Å²) in [7, 11) is -0.107. The molecular weight excluding hydrogens is 391 g/mol. The summed E-state index contributed by atoms with van der Waals surface area (Å²) in [6.45, 7) is 0. The average molecular weight is 414 g/mol. The first-order valence-electron chi connectivity index (χ1n) is 8.91. The van der Waals surface area contributed by atoms with Crippen LogP contribution in [0.4, 0.5) is 10.1 Å². The van der Waals surface area contributed by atoms with E-state index in [4.69, 9.17) is 0 Å². The summed E-state index contributed by atoms with van der Waals surface area (Å²) in [4.78, 5) is 25.9. The van der Waals surface area contributed by atoms with Gasteiger partial charge in [0.1, 0.15) is 5.75 Å². The minimum absolute atomic E-state index is 0.0492. The molecule has 0 spiro atoms. The molecule has 1 heterocycles. The Morgan fingerprint density at radius 1 is 1.29 bits per heavy atom. The zero-order chi connectivity index (χ0) is 20.6. The number of hydrogen-bond acceptors (Lipinski definition) is 6. The first kappa shape index (κ1) is 20.3. The fourth-order valence-electron chi connectivity index (χ4n) is 3.56. The number of rotatable bonds is 4. The molecule has 28 heavy (non-hydrogen) atoms. The van der Waals surface area contributed by atoms with Crippen LogP contribution < -0.4 is 15.2 Å². The number of anilines is 1. The van der Waals surface area contributed by atoms with Crippen LogP contribution in [0.2, 0.25) is 0 Å². The molecule has 1 saturated carbocycles. The second-order valence-corrected chi connectivity index (χ2v) is 9.14. The molecule has 11 heteroatoms. The van der Waals surface area contributed by atoms with Gasteiger partial charge in [0.05, 0.1) is 0 Å². The first-order chi connectivity index (χ1) is 13.1. The van der Waals surface area contributed by atoms with Gasteiger partial charge in [0.25, 0.3) is 21.8 Å². The summed E-state index contributed by atoms with van der Waals surface area (Å²) >= 11 is 0. The smallest absolute Gasteiger partial charge is 0.262 e. The highest BCUT2D eigenvalue weighted by atomic mass is 32.2. The van der Waals surface area contributed by atoms with Gasteiger partial charge in [-0.2, -0.15) is 4.41 Å². The van der Waals surface area contributed by atoms with Gasteiger partial charge in [0, 0.05) is 17.6 Å². The van der Waals surface area contributed by atoms with Crippen LogP contribution in [0.5, 0.6) is 5.75 Å². The lowest BCUT2D eigenvalue weighted by atomic mass is 9.90. The Morgan fingerprint density at radius 2 is 1.93 bits per heavy atom. The van der Waals surface area contributed by atoms with E-state index in [1.54, 1.807) is 0 Å². The van der Waals surface area contributed by atoms with E-state index >= 15 is 0 Å². The Hall–Kier alpha value is -2.40. The van der Waals surface area contributed by atoms with E-state index in [2.05, 4.69) is 10.2 Å². The highest BCUT2D eigenvalue weighted by molar-refractivity contribution is 7.93. The number of aromatic hydroxyl groups is 1. The number of phenolic OH excluding ortho intramolecular Hbond substituents is 1. The number of halogens is 1. The van der Waals surface area contributed by atoms with E-state index in [1.165, 1.54) is 0 Å². The maximum Gasteiger partial charge on any atom is 0.262 e. The molecule has 3 rings (SSSR count). The number of amides is 2. The molecule has 0 radical (unpaired) electrons. The fourth-order valence-corrected chi connectivity index (χ4v) is 4.79. The summed E-state index contributed by atoms with van der Waals surface area (Å²) in [5, 5.41) is 12.9. The van der Waals surface area contributed by atoms with Crippen LogP contribution in [0.15, 0.2) is 12.1 Å². The minimum atomic E-state index is -4.13. The molecular formula is C17H23FN4O5S. The van der Waals surface area contributed by atoms with Crippen LogP contribution in [-0.2, 0) is 14.8 Å². The van der Waals surface area contributed by atoms with Gasteiger partial charge in [-0.25, -0.2) is 12.8 Å². The standard InChI is InChI=1S/C17H23FN4O5S/c1-21(2)12-5-3-11(4-6-12)19-17(25)10-7-13(18)16(14(23)8-10)22-20-15(24)9-28(22,26)27/h7-8,11-12,23H,3-6,9H2,1-2H3,(H,19,25)(H,20,24). The monoisotopic (exact) mass is 414 g/mol. The molecule has 1 aromatic carbocycles. The number of carbonyl (C=O) groups is 2. The zero-order valence-corrected chi connectivity index (χ0v) is 16.4. The molecule has 0 aromatic heterocycles. The Kier molecular flexibility index (Phi) is 5.48. The molecule has 1 aliphatic heterocycles. The number of hydrazine groups is 1. The Bertz CT molecular complexity index is 874. The van der Waals surface area contributed by atoms with Crippen LogP contribution >= 0.6 is 0 Å². The van der Waals surface area contributed by atoms with E-state index in [1.807, 2.05) is 19.5 Å². The van der Waals surface area contributed by atoms with Gasteiger partial charge in [-0.05, 0) is 51.9 Å². The number of nitrogens with one attached hydrogen (secondary N) is 2. The summed E-state index contributed by atoms with van der Waals surface area (Å²) in [5.74, 6) is -4.13. The van der Waals surface area contributed by atoms with Gasteiger partial charge in [-0.3, -0.25) is 15.0 Å². The van der Waals surface area contributed by atoms with Crippen molar-refractivity contribution in [1.82, 2.24) is 15.6 Å². The lowest BCUT2D eigenvalue weighted by Crippen LogP contribution is -2.42. The molecule has 0 bridgehead atoms. The van der Waals surface area contributed by atoms with Gasteiger partial charge in [0.15, 0.2) is 17.3 Å². The van der Waals surface area contributed by atoms with E-state index in [-0.39, 0.29) is 11.6 Å². The van der Waals surface area contributed by atoms with Crippen LogP contribution in [-0.4, -0.2) is 62.2 Å². The topological polar surface area (TPSA) is 119 Å². The maximum atomic E-state index is 14.5. The van der Waals surface area contributed by atoms with Crippen LogP contribution in [0.1, 0.15) is 36.0 Å². The average Bonchev–Trinajstić information content (AvgIpc) is 2.86. The van der Waals surface area contributed by atoms with E-state index in [0.29, 0.717) is 10.5 Å². The third-order valence-electron chi connectivity index (χ3n) is 5.09. The maximum absolute atomic E-state index is 14.5. The zero-order valence-electron chi connectivity index (χ0n) is 15.6. The number of hydrogen-bond donors (Lipinski definition) is 3. The molecule has 154 valence electrons.